The summed E-state index contributed by atoms with van der Waals surface area (Å²) in [6, 6.07) is -0.263. The molecule has 47 heavy (non-hydrogen) atoms. The second-order valence-electron chi connectivity index (χ2n) is 12.3. The molecule has 0 spiro atoms. The zero-order chi connectivity index (χ0) is 33.8. The number of hydrogen-bond acceptors (Lipinski definition) is 8. The molecule has 0 unspecified atom stereocenters. The molecule has 2 aromatic heterocycles. The van der Waals surface area contributed by atoms with E-state index >= 15 is 8.78 Å². The van der Waals surface area contributed by atoms with Crippen molar-refractivity contribution in [1.29, 1.82) is 0 Å². The molecule has 2 N–H and O–H groups in total. The fourth-order valence-electron chi connectivity index (χ4n) is 6.73. The first-order valence-corrected chi connectivity index (χ1v) is 15.1. The van der Waals surface area contributed by atoms with E-state index in [1.54, 1.807) is 6.92 Å². The fourth-order valence-corrected chi connectivity index (χ4v) is 6.73. The minimum atomic E-state index is -3.07. The summed E-state index contributed by atoms with van der Waals surface area (Å²) >= 11 is 0. The van der Waals surface area contributed by atoms with Crippen LogP contribution in [0.15, 0.2) is 10.7 Å². The number of aromatic nitrogens is 4. The number of carbonyl (C=O) groups is 3. The predicted octanol–water partition coefficient (Wildman–Crippen LogP) is 4.34. The Labute approximate surface area is 263 Å². The molecule has 3 amide bonds. The molecule has 4 heterocycles. The van der Waals surface area contributed by atoms with Gasteiger partial charge < -0.3 is 24.8 Å². The minimum Gasteiger partial charge on any atom is -0.453 e. The maximum absolute atomic E-state index is 16.3. The number of methoxy groups -OCH3 is 1. The maximum Gasteiger partial charge on any atom is 0.409 e. The molecule has 3 fully saturated rings. The number of imidazole rings is 1. The number of likely N-dealkylation sites (tertiary alicyclic amines) is 2. The molecular weight excluding hydrogens is 640 g/mol. The number of ether oxygens (including phenoxy) is 1. The van der Waals surface area contributed by atoms with Gasteiger partial charge in [-0.15, -0.1) is 0 Å². The van der Waals surface area contributed by atoms with Gasteiger partial charge >= 0.3 is 6.09 Å². The molecule has 3 aliphatic rings. The van der Waals surface area contributed by atoms with Crippen LogP contribution in [0, 0.1) is 23.5 Å². The van der Waals surface area contributed by atoms with Crippen LogP contribution in [0.25, 0.3) is 11.0 Å². The van der Waals surface area contributed by atoms with Gasteiger partial charge in [-0.05, 0) is 42.0 Å². The largest absolute Gasteiger partial charge is 0.453 e. The van der Waals surface area contributed by atoms with E-state index in [4.69, 9.17) is 4.74 Å². The van der Waals surface area contributed by atoms with Crippen molar-refractivity contribution in [2.75, 3.05) is 33.3 Å². The Morgan fingerprint density at radius 3 is 2.43 bits per heavy atom. The molecule has 0 bridgehead atoms. The first-order valence-electron chi connectivity index (χ1n) is 15.1. The average Bonchev–Trinajstić information content (AvgIpc) is 3.78. The van der Waals surface area contributed by atoms with Gasteiger partial charge in [0.15, 0.2) is 17.3 Å². The molecule has 1 saturated carbocycles. The zero-order valence-corrected chi connectivity index (χ0v) is 25.3. The summed E-state index contributed by atoms with van der Waals surface area (Å²) in [4.78, 5) is 47.8. The molecule has 3 aromatic rings. The van der Waals surface area contributed by atoms with Crippen molar-refractivity contribution in [2.45, 2.75) is 62.8 Å². The summed E-state index contributed by atoms with van der Waals surface area (Å²) in [5.74, 6) is -12.5. The first kappa shape index (κ1) is 32.6. The number of aryl methyl sites for hydroxylation is 1. The van der Waals surface area contributed by atoms with Crippen molar-refractivity contribution < 1.29 is 50.1 Å². The zero-order valence-electron chi connectivity index (χ0n) is 25.3. The number of carbonyl (C=O) groups excluding carboxylic acids is 3. The van der Waals surface area contributed by atoms with Gasteiger partial charge in [-0.25, -0.2) is 40.8 Å². The monoisotopic (exact) mass is 671 g/mol. The van der Waals surface area contributed by atoms with E-state index < -0.39 is 102 Å². The van der Waals surface area contributed by atoms with Gasteiger partial charge in [-0.1, -0.05) is 12.1 Å². The summed E-state index contributed by atoms with van der Waals surface area (Å²) < 4.78 is 96.7. The normalized spacial score (nSPS) is 23.1. The van der Waals surface area contributed by atoms with Crippen LogP contribution >= 0.6 is 0 Å². The van der Waals surface area contributed by atoms with E-state index in [1.807, 2.05) is 0 Å². The van der Waals surface area contributed by atoms with Crippen molar-refractivity contribution in [3.8, 4) is 0 Å². The van der Waals surface area contributed by atoms with Gasteiger partial charge in [0.1, 0.15) is 22.6 Å². The lowest BCUT2D eigenvalue weighted by Crippen LogP contribution is -2.60. The number of hydrogen-bond donors (Lipinski definition) is 2. The molecule has 2 saturated heterocycles. The van der Waals surface area contributed by atoms with Crippen molar-refractivity contribution in [3.05, 3.63) is 40.5 Å². The number of H-pyrrole nitrogens is 1. The third kappa shape index (κ3) is 6.08. The Kier molecular flexibility index (Phi) is 8.32. The van der Waals surface area contributed by atoms with E-state index in [9.17, 15) is 31.9 Å². The molecule has 12 nitrogen and oxygen atoms in total. The number of alkyl halides is 4. The minimum absolute atomic E-state index is 0.0340. The average molecular weight is 672 g/mol. The summed E-state index contributed by atoms with van der Waals surface area (Å²) in [5, 5.41) is 10.0. The van der Waals surface area contributed by atoms with Gasteiger partial charge in [0.05, 0.1) is 32.2 Å². The lowest BCUT2D eigenvalue weighted by atomic mass is 9.81. The van der Waals surface area contributed by atoms with Crippen molar-refractivity contribution in [2.24, 2.45) is 11.8 Å². The lowest BCUT2D eigenvalue weighted by Gasteiger charge is -2.40. The van der Waals surface area contributed by atoms with Crippen LogP contribution in [0.1, 0.15) is 72.1 Å². The Morgan fingerprint density at radius 2 is 1.79 bits per heavy atom. The second kappa shape index (κ2) is 12.0. The molecule has 6 rings (SSSR count). The van der Waals surface area contributed by atoms with Crippen LogP contribution in [0.5, 0.6) is 0 Å². The van der Waals surface area contributed by atoms with E-state index in [0.717, 1.165) is 23.0 Å². The number of benzene rings is 1. The Hall–Kier alpha value is -4.38. The topological polar surface area (TPSA) is 147 Å². The van der Waals surface area contributed by atoms with E-state index in [2.05, 4.69) is 30.2 Å². The second-order valence-corrected chi connectivity index (χ2v) is 12.3. The smallest absolute Gasteiger partial charge is 0.409 e. The highest BCUT2D eigenvalue weighted by atomic mass is 19.3. The number of fused-ring (bicyclic) bond motifs is 1. The maximum atomic E-state index is 16.3. The van der Waals surface area contributed by atoms with Crippen LogP contribution < -0.4 is 5.32 Å². The molecule has 18 heteroatoms. The summed E-state index contributed by atoms with van der Waals surface area (Å²) in [6.45, 7) is -0.501. The molecule has 254 valence electrons. The van der Waals surface area contributed by atoms with Gasteiger partial charge in [0, 0.05) is 31.8 Å². The number of amides is 3. The highest BCUT2D eigenvalue weighted by Gasteiger charge is 2.51. The number of nitrogens with zero attached hydrogens (tertiary/aromatic N) is 5. The number of rotatable bonds is 7. The third-order valence-corrected chi connectivity index (χ3v) is 9.25. The van der Waals surface area contributed by atoms with Crippen LogP contribution in [0.4, 0.5) is 31.1 Å². The van der Waals surface area contributed by atoms with Crippen LogP contribution in [0.3, 0.4) is 0 Å². The molecule has 0 radical (unpaired) electrons. The quantitative estimate of drug-likeness (QED) is 0.353. The Morgan fingerprint density at radius 1 is 1.09 bits per heavy atom. The molecular formula is C29H31F6N7O5. The van der Waals surface area contributed by atoms with E-state index in [-0.39, 0.29) is 48.7 Å². The van der Waals surface area contributed by atoms with Crippen molar-refractivity contribution in [1.82, 2.24) is 35.4 Å². The van der Waals surface area contributed by atoms with Gasteiger partial charge in [0.25, 0.3) is 11.8 Å². The number of halogens is 6. The molecule has 1 aromatic carbocycles. The third-order valence-electron chi connectivity index (χ3n) is 9.25. The summed E-state index contributed by atoms with van der Waals surface area (Å²) in [6.07, 6.45) is -1.55. The van der Waals surface area contributed by atoms with Gasteiger partial charge in [-0.2, -0.15) is 0 Å². The van der Waals surface area contributed by atoms with Crippen LogP contribution in [-0.4, -0.2) is 93.1 Å². The van der Waals surface area contributed by atoms with Crippen molar-refractivity contribution >= 4 is 28.9 Å². The van der Waals surface area contributed by atoms with Crippen molar-refractivity contribution in [3.63, 3.8) is 0 Å². The fraction of sp³-hybridized carbons (Fsp3) is 0.586. The summed E-state index contributed by atoms with van der Waals surface area (Å²) in [5.41, 5.74) is -1.08. The predicted molar refractivity (Wildman–Crippen MR) is 149 cm³/mol. The highest BCUT2D eigenvalue weighted by molar-refractivity contribution is 5.93. The molecule has 2 aliphatic heterocycles. The lowest BCUT2D eigenvalue weighted by molar-refractivity contribution is -0.169. The van der Waals surface area contributed by atoms with Gasteiger partial charge in [0.2, 0.25) is 11.8 Å². The first-order chi connectivity index (χ1) is 22.2. The Balaban J connectivity index is 1.36. The highest BCUT2D eigenvalue weighted by Crippen LogP contribution is 2.43. The standard InChI is InChI=1S/C29H31F6N7O5/c1-3-18-22(40-47-39-18)25(43)38-20(13-4-6-28(32,33)7-5-13)24-36-21-17(30)8-14(19(31)23(21)37-24)15-9-41(27(45)46-2)10-16(15)26(44)42-11-29(34,35)12-42/h8,13,15-16,20H,3-7,9-12H2,1-2H3,(H,36,37)(H,38,43)/t15-,16-,20+/m1/s1. The van der Waals surface area contributed by atoms with E-state index in [0.29, 0.717) is 6.42 Å². The Bertz CT molecular complexity index is 1700. The van der Waals surface area contributed by atoms with Crippen LogP contribution in [0.2, 0.25) is 0 Å². The summed E-state index contributed by atoms with van der Waals surface area (Å²) in [7, 11) is 1.10. The molecule has 1 aliphatic carbocycles. The SMILES string of the molecule is CCc1nonc1C(=O)N[C@H](c1nc2c(F)cc([C@H]3CN(C(=O)OC)C[C@H]3C(=O)N3CC(F)(F)C3)c(F)c2[nH]1)C1CCC(F)(F)CC1. The number of nitrogens with one attached hydrogen (secondary N) is 2. The van der Waals surface area contributed by atoms with Crippen LogP contribution in [-0.2, 0) is 16.0 Å². The number of aromatic amines is 1. The molecule has 3 atom stereocenters. The van der Waals surface area contributed by atoms with E-state index in [1.165, 1.54) is 0 Å². The van der Waals surface area contributed by atoms with Gasteiger partial charge in [-0.3, -0.25) is 9.59 Å².